The lowest BCUT2D eigenvalue weighted by molar-refractivity contribution is 0.567. The van der Waals surface area contributed by atoms with E-state index in [2.05, 4.69) is 25.6 Å². The molecule has 20 heavy (non-hydrogen) atoms. The molecule has 5 nitrogen and oxygen atoms in total. The summed E-state index contributed by atoms with van der Waals surface area (Å²) in [6.07, 6.45) is 1.22. The Morgan fingerprint density at radius 1 is 1.35 bits per heavy atom. The van der Waals surface area contributed by atoms with Crippen LogP contribution in [0.1, 0.15) is 0 Å². The fourth-order valence-corrected chi connectivity index (χ4v) is 3.32. The van der Waals surface area contributed by atoms with Gasteiger partial charge in [-0.25, -0.2) is 17.8 Å². The molecule has 0 atom stereocenters. The number of nitrogen functional groups attached to an aromatic ring is 1. The normalized spacial score (nSPS) is 11.3. The Kier molecular flexibility index (Phi) is 4.17. The molecule has 1 aromatic carbocycles. The van der Waals surface area contributed by atoms with Gasteiger partial charge in [0.1, 0.15) is 10.0 Å². The number of pyridine rings is 1. The number of hydrogen-bond donors (Lipinski definition) is 2. The summed E-state index contributed by atoms with van der Waals surface area (Å²) in [5, 5.41) is 0.214. The highest BCUT2D eigenvalue weighted by molar-refractivity contribution is 9.10. The van der Waals surface area contributed by atoms with Crippen molar-refractivity contribution in [2.75, 3.05) is 10.5 Å². The molecule has 3 N–H and O–H groups in total. The van der Waals surface area contributed by atoms with Gasteiger partial charge in [0.2, 0.25) is 0 Å². The number of nitrogens with zero attached hydrogens (tertiary/aromatic N) is 1. The minimum Gasteiger partial charge on any atom is -0.399 e. The third kappa shape index (κ3) is 3.20. The minimum absolute atomic E-state index is 0.0351. The molecule has 2 rings (SSSR count). The SMILES string of the molecule is Nc1cc(Br)c(F)c(S(=O)(=O)Nc2ccc(Cl)nc2)c1. The van der Waals surface area contributed by atoms with Crippen molar-refractivity contribution in [3.63, 3.8) is 0 Å². The Bertz CT molecular complexity index is 753. The predicted octanol–water partition coefficient (Wildman–Crippen LogP) is 3.02. The van der Waals surface area contributed by atoms with Gasteiger partial charge in [0.15, 0.2) is 5.82 Å². The Morgan fingerprint density at radius 3 is 2.65 bits per heavy atom. The van der Waals surface area contributed by atoms with Crippen LogP contribution in [0, 0.1) is 5.82 Å². The first-order valence-corrected chi connectivity index (χ1v) is 7.84. The van der Waals surface area contributed by atoms with Crippen LogP contribution in [-0.4, -0.2) is 13.4 Å². The van der Waals surface area contributed by atoms with Gasteiger partial charge in [0.05, 0.1) is 16.4 Å². The van der Waals surface area contributed by atoms with Gasteiger partial charge in [-0.2, -0.15) is 0 Å². The van der Waals surface area contributed by atoms with Gasteiger partial charge in [0, 0.05) is 5.69 Å². The Hall–Kier alpha value is -1.38. The van der Waals surface area contributed by atoms with Gasteiger partial charge in [-0.15, -0.1) is 0 Å². The molecule has 1 aromatic heterocycles. The average Bonchev–Trinajstić information content (AvgIpc) is 2.36. The van der Waals surface area contributed by atoms with Crippen LogP contribution in [0.4, 0.5) is 15.8 Å². The van der Waals surface area contributed by atoms with Crippen LogP contribution in [0.5, 0.6) is 0 Å². The molecule has 2 aromatic rings. The Labute approximate surface area is 128 Å². The maximum Gasteiger partial charge on any atom is 0.264 e. The topological polar surface area (TPSA) is 85.1 Å². The smallest absolute Gasteiger partial charge is 0.264 e. The van der Waals surface area contributed by atoms with Crippen molar-refractivity contribution in [1.82, 2.24) is 4.98 Å². The molecular weight excluding hydrogens is 373 g/mol. The van der Waals surface area contributed by atoms with E-state index in [1.807, 2.05) is 0 Å². The Morgan fingerprint density at radius 2 is 2.05 bits per heavy atom. The highest BCUT2D eigenvalue weighted by atomic mass is 79.9. The van der Waals surface area contributed by atoms with E-state index in [0.29, 0.717) is 0 Å². The lowest BCUT2D eigenvalue weighted by Crippen LogP contribution is -2.15. The van der Waals surface area contributed by atoms with Crippen molar-refractivity contribution >= 4 is 48.9 Å². The van der Waals surface area contributed by atoms with Crippen molar-refractivity contribution in [3.05, 3.63) is 45.9 Å². The van der Waals surface area contributed by atoms with Gasteiger partial charge >= 0.3 is 0 Å². The molecule has 0 bridgehead atoms. The monoisotopic (exact) mass is 379 g/mol. The lowest BCUT2D eigenvalue weighted by atomic mass is 10.3. The summed E-state index contributed by atoms with van der Waals surface area (Å²) >= 11 is 8.50. The summed E-state index contributed by atoms with van der Waals surface area (Å²) in [6, 6.07) is 5.13. The second-order valence-electron chi connectivity index (χ2n) is 3.79. The number of rotatable bonds is 3. The van der Waals surface area contributed by atoms with Crippen molar-refractivity contribution in [2.24, 2.45) is 0 Å². The first-order valence-electron chi connectivity index (χ1n) is 5.18. The highest BCUT2D eigenvalue weighted by Gasteiger charge is 2.22. The van der Waals surface area contributed by atoms with Gasteiger partial charge < -0.3 is 5.73 Å². The number of halogens is 3. The second-order valence-corrected chi connectivity index (χ2v) is 6.68. The lowest BCUT2D eigenvalue weighted by Gasteiger charge is -2.10. The van der Waals surface area contributed by atoms with Crippen molar-refractivity contribution < 1.29 is 12.8 Å². The van der Waals surface area contributed by atoms with E-state index in [-0.39, 0.29) is 21.0 Å². The van der Waals surface area contributed by atoms with Gasteiger partial charge in [0.25, 0.3) is 10.0 Å². The number of anilines is 2. The molecule has 1 heterocycles. The molecule has 0 aliphatic heterocycles. The summed E-state index contributed by atoms with van der Waals surface area (Å²) < 4.78 is 40.3. The molecule has 0 radical (unpaired) electrons. The zero-order chi connectivity index (χ0) is 14.9. The molecule has 0 fully saturated rings. The van der Waals surface area contributed by atoms with Crippen LogP contribution in [0.25, 0.3) is 0 Å². The number of aromatic nitrogens is 1. The zero-order valence-corrected chi connectivity index (χ0v) is 12.9. The predicted molar refractivity (Wildman–Crippen MR) is 78.6 cm³/mol. The third-order valence-corrected chi connectivity index (χ3v) is 4.47. The molecule has 0 unspecified atom stereocenters. The fourth-order valence-electron chi connectivity index (χ4n) is 1.43. The maximum absolute atomic E-state index is 13.9. The van der Waals surface area contributed by atoms with Gasteiger partial charge in [-0.3, -0.25) is 4.72 Å². The standard InChI is InChI=1S/C11H8BrClFN3O2S/c12-8-3-6(15)4-9(11(8)14)20(18,19)17-7-1-2-10(13)16-5-7/h1-5,17H,15H2. The molecule has 0 aliphatic rings. The van der Waals surface area contributed by atoms with Gasteiger partial charge in [-0.1, -0.05) is 11.6 Å². The van der Waals surface area contributed by atoms with E-state index < -0.39 is 20.7 Å². The Balaban J connectivity index is 2.43. The summed E-state index contributed by atoms with van der Waals surface area (Å²) in [5.74, 6) is -0.923. The number of benzene rings is 1. The molecule has 0 aliphatic carbocycles. The number of hydrogen-bond acceptors (Lipinski definition) is 4. The quantitative estimate of drug-likeness (QED) is 0.633. The maximum atomic E-state index is 13.9. The molecule has 106 valence electrons. The van der Waals surface area contributed by atoms with Crippen molar-refractivity contribution in [1.29, 1.82) is 0 Å². The number of sulfonamides is 1. The summed E-state index contributed by atoms with van der Waals surface area (Å²) in [5.41, 5.74) is 5.80. The van der Waals surface area contributed by atoms with E-state index in [4.69, 9.17) is 17.3 Å². The fraction of sp³-hybridized carbons (Fsp3) is 0. The van der Waals surface area contributed by atoms with Gasteiger partial charge in [-0.05, 0) is 40.2 Å². The van der Waals surface area contributed by atoms with Crippen LogP contribution < -0.4 is 10.5 Å². The van der Waals surface area contributed by atoms with Crippen molar-refractivity contribution in [3.8, 4) is 0 Å². The first-order chi connectivity index (χ1) is 9.29. The van der Waals surface area contributed by atoms with Crippen LogP contribution in [0.15, 0.2) is 39.8 Å². The number of nitrogens with two attached hydrogens (primary N) is 1. The molecule has 9 heteroatoms. The summed E-state index contributed by atoms with van der Waals surface area (Å²) in [7, 11) is -4.12. The van der Waals surface area contributed by atoms with E-state index in [1.165, 1.54) is 24.4 Å². The van der Waals surface area contributed by atoms with E-state index in [0.717, 1.165) is 6.07 Å². The largest absolute Gasteiger partial charge is 0.399 e. The van der Waals surface area contributed by atoms with Crippen LogP contribution in [-0.2, 0) is 10.0 Å². The minimum atomic E-state index is -4.12. The van der Waals surface area contributed by atoms with E-state index >= 15 is 0 Å². The molecule has 0 saturated heterocycles. The first kappa shape index (κ1) is 15.0. The summed E-state index contributed by atoms with van der Waals surface area (Å²) in [4.78, 5) is 3.17. The van der Waals surface area contributed by atoms with E-state index in [1.54, 1.807) is 0 Å². The van der Waals surface area contributed by atoms with E-state index in [9.17, 15) is 12.8 Å². The van der Waals surface area contributed by atoms with Crippen LogP contribution >= 0.6 is 27.5 Å². The average molecular weight is 381 g/mol. The third-order valence-electron chi connectivity index (χ3n) is 2.29. The molecular formula is C11H8BrClFN3O2S. The van der Waals surface area contributed by atoms with Crippen LogP contribution in [0.3, 0.4) is 0 Å². The van der Waals surface area contributed by atoms with Crippen LogP contribution in [0.2, 0.25) is 5.15 Å². The highest BCUT2D eigenvalue weighted by Crippen LogP contribution is 2.27. The molecule has 0 spiro atoms. The second kappa shape index (κ2) is 5.55. The van der Waals surface area contributed by atoms with Crippen molar-refractivity contribution in [2.45, 2.75) is 4.90 Å². The molecule has 0 saturated carbocycles. The summed E-state index contributed by atoms with van der Waals surface area (Å²) in [6.45, 7) is 0. The molecule has 0 amide bonds. The number of nitrogens with one attached hydrogen (secondary N) is 1. The zero-order valence-electron chi connectivity index (χ0n) is 9.77.